The Morgan fingerprint density at radius 3 is 2.44 bits per heavy atom. The number of aryl methyl sites for hydroxylation is 2. The summed E-state index contributed by atoms with van der Waals surface area (Å²) in [7, 11) is -3.39. The zero-order valence-corrected chi connectivity index (χ0v) is 15.3. The minimum Gasteiger partial charge on any atom is -0.506 e. The van der Waals surface area contributed by atoms with Gasteiger partial charge in [0.2, 0.25) is 5.91 Å². The summed E-state index contributed by atoms with van der Waals surface area (Å²) in [6, 6.07) is 12.1. The van der Waals surface area contributed by atoms with Gasteiger partial charge in [0.25, 0.3) is 0 Å². The number of rotatable bonds is 7. The summed E-state index contributed by atoms with van der Waals surface area (Å²) in [4.78, 5) is 12.2. The molecule has 1 amide bonds. The average molecular weight is 361 g/mol. The van der Waals surface area contributed by atoms with Gasteiger partial charge in [-0.05, 0) is 43.5 Å². The molecule has 2 N–H and O–H groups in total. The van der Waals surface area contributed by atoms with Gasteiger partial charge in [0, 0.05) is 6.42 Å². The highest BCUT2D eigenvalue weighted by molar-refractivity contribution is 7.91. The number of benzene rings is 2. The van der Waals surface area contributed by atoms with Crippen LogP contribution in [0.2, 0.25) is 0 Å². The number of hydrogen-bond acceptors (Lipinski definition) is 4. The van der Waals surface area contributed by atoms with Gasteiger partial charge in [0.05, 0.1) is 16.3 Å². The number of sulfone groups is 1. The van der Waals surface area contributed by atoms with E-state index in [1.165, 1.54) is 23.8 Å². The fraction of sp³-hybridized carbons (Fsp3) is 0.316. The number of anilines is 1. The van der Waals surface area contributed by atoms with Crippen LogP contribution in [0.4, 0.5) is 5.69 Å². The summed E-state index contributed by atoms with van der Waals surface area (Å²) in [6.45, 7) is 3.57. The summed E-state index contributed by atoms with van der Waals surface area (Å²) in [5.74, 6) is -0.447. The van der Waals surface area contributed by atoms with E-state index in [0.29, 0.717) is 6.42 Å². The number of aromatic hydroxyl groups is 1. The van der Waals surface area contributed by atoms with Gasteiger partial charge < -0.3 is 10.4 Å². The van der Waals surface area contributed by atoms with Crippen molar-refractivity contribution in [3.05, 3.63) is 53.6 Å². The first-order chi connectivity index (χ1) is 11.8. The maximum absolute atomic E-state index is 12.1. The summed E-state index contributed by atoms with van der Waals surface area (Å²) in [6.07, 6.45) is 1.74. The lowest BCUT2D eigenvalue weighted by molar-refractivity contribution is -0.116. The predicted octanol–water partition coefficient (Wildman–Crippen LogP) is 3.46. The van der Waals surface area contributed by atoms with Gasteiger partial charge in [-0.2, -0.15) is 0 Å². The van der Waals surface area contributed by atoms with E-state index < -0.39 is 9.84 Å². The highest BCUT2D eigenvalue weighted by atomic mass is 32.2. The molecule has 0 spiro atoms. The summed E-state index contributed by atoms with van der Waals surface area (Å²) >= 11 is 0. The van der Waals surface area contributed by atoms with Gasteiger partial charge in [-0.1, -0.05) is 36.8 Å². The van der Waals surface area contributed by atoms with Crippen LogP contribution in [-0.2, 0) is 21.1 Å². The van der Waals surface area contributed by atoms with Crippen LogP contribution < -0.4 is 5.32 Å². The second-order valence-corrected chi connectivity index (χ2v) is 8.25. The van der Waals surface area contributed by atoms with E-state index in [1.54, 1.807) is 6.92 Å². The molecule has 0 saturated heterocycles. The second-order valence-electron chi connectivity index (χ2n) is 5.97. The summed E-state index contributed by atoms with van der Waals surface area (Å²) < 4.78 is 23.8. The SMILES string of the molecule is CCS(=O)(=O)c1ccc(O)c(NC(=O)CCCc2ccc(C)cc2)c1. The quantitative estimate of drug-likeness (QED) is 0.740. The number of phenolic OH excluding ortho intramolecular Hbond substituents is 1. The van der Waals surface area contributed by atoms with Gasteiger partial charge in [-0.3, -0.25) is 4.79 Å². The van der Waals surface area contributed by atoms with Crippen molar-refractivity contribution in [1.29, 1.82) is 0 Å². The Balaban J connectivity index is 1.96. The minimum absolute atomic E-state index is 0.0400. The Labute approximate surface area is 148 Å². The third-order valence-corrected chi connectivity index (χ3v) is 5.70. The molecule has 0 saturated carbocycles. The molecule has 0 aliphatic rings. The largest absolute Gasteiger partial charge is 0.506 e. The predicted molar refractivity (Wildman–Crippen MR) is 98.6 cm³/mol. The second kappa shape index (κ2) is 8.16. The Kier molecular flexibility index (Phi) is 6.20. The normalized spacial score (nSPS) is 11.3. The smallest absolute Gasteiger partial charge is 0.224 e. The van der Waals surface area contributed by atoms with Crippen LogP contribution in [0, 0.1) is 6.92 Å². The molecule has 0 radical (unpaired) electrons. The zero-order chi connectivity index (χ0) is 18.4. The molecular formula is C19H23NO4S. The van der Waals surface area contributed by atoms with Crippen LogP contribution in [0.1, 0.15) is 30.9 Å². The molecule has 0 fully saturated rings. The molecule has 25 heavy (non-hydrogen) atoms. The molecule has 0 atom stereocenters. The molecule has 0 aliphatic heterocycles. The highest BCUT2D eigenvalue weighted by Gasteiger charge is 2.15. The van der Waals surface area contributed by atoms with Crippen LogP contribution in [0.5, 0.6) is 5.75 Å². The van der Waals surface area contributed by atoms with E-state index in [1.807, 2.05) is 31.2 Å². The molecule has 2 aromatic rings. The van der Waals surface area contributed by atoms with Crippen LogP contribution in [0.25, 0.3) is 0 Å². The van der Waals surface area contributed by atoms with E-state index in [4.69, 9.17) is 0 Å². The summed E-state index contributed by atoms with van der Waals surface area (Å²) in [5.41, 5.74) is 2.48. The molecule has 5 nitrogen and oxygen atoms in total. The van der Waals surface area contributed by atoms with Crippen molar-refractivity contribution in [3.8, 4) is 5.75 Å². The lowest BCUT2D eigenvalue weighted by atomic mass is 10.1. The minimum atomic E-state index is -3.39. The van der Waals surface area contributed by atoms with Crippen molar-refractivity contribution in [2.75, 3.05) is 11.1 Å². The fourth-order valence-electron chi connectivity index (χ4n) is 2.40. The Morgan fingerprint density at radius 1 is 1.12 bits per heavy atom. The van der Waals surface area contributed by atoms with Gasteiger partial charge in [0.15, 0.2) is 9.84 Å². The van der Waals surface area contributed by atoms with Gasteiger partial charge in [-0.25, -0.2) is 8.42 Å². The van der Waals surface area contributed by atoms with Crippen molar-refractivity contribution in [1.82, 2.24) is 0 Å². The number of hydrogen-bond donors (Lipinski definition) is 2. The van der Waals surface area contributed by atoms with E-state index in [2.05, 4.69) is 5.32 Å². The van der Waals surface area contributed by atoms with Gasteiger partial charge in [-0.15, -0.1) is 0 Å². The highest BCUT2D eigenvalue weighted by Crippen LogP contribution is 2.27. The molecule has 0 aliphatic carbocycles. The zero-order valence-electron chi connectivity index (χ0n) is 14.5. The number of amides is 1. The van der Waals surface area contributed by atoms with Crippen LogP contribution in [-0.4, -0.2) is 25.2 Å². The summed E-state index contributed by atoms with van der Waals surface area (Å²) in [5, 5.41) is 12.4. The number of phenols is 1. The molecule has 0 aromatic heterocycles. The Bertz CT molecular complexity index is 842. The number of carbonyl (C=O) groups is 1. The first-order valence-corrected chi connectivity index (χ1v) is 9.88. The molecular weight excluding hydrogens is 338 g/mol. The molecule has 0 bridgehead atoms. The maximum Gasteiger partial charge on any atom is 0.224 e. The maximum atomic E-state index is 12.1. The monoisotopic (exact) mass is 361 g/mol. The van der Waals surface area contributed by atoms with Crippen molar-refractivity contribution in [2.24, 2.45) is 0 Å². The van der Waals surface area contributed by atoms with Gasteiger partial charge in [0.1, 0.15) is 5.75 Å². The molecule has 134 valence electrons. The number of nitrogens with one attached hydrogen (secondary N) is 1. The topological polar surface area (TPSA) is 83.5 Å². The fourth-order valence-corrected chi connectivity index (χ4v) is 3.30. The molecule has 2 aromatic carbocycles. The number of carbonyl (C=O) groups excluding carboxylic acids is 1. The van der Waals surface area contributed by atoms with E-state index >= 15 is 0 Å². The third kappa shape index (κ3) is 5.32. The molecule has 0 unspecified atom stereocenters. The lowest BCUT2D eigenvalue weighted by Gasteiger charge is -2.10. The van der Waals surface area contributed by atoms with Crippen LogP contribution >= 0.6 is 0 Å². The third-order valence-electron chi connectivity index (χ3n) is 3.97. The molecule has 0 heterocycles. The standard InChI is InChI=1S/C19H23NO4S/c1-3-25(23,24)16-11-12-18(21)17(13-16)20-19(22)6-4-5-15-9-7-14(2)8-10-15/h7-13,21H,3-6H2,1-2H3,(H,20,22). The Hall–Kier alpha value is -2.34. The van der Waals surface area contributed by atoms with Crippen molar-refractivity contribution in [2.45, 2.75) is 38.0 Å². The van der Waals surface area contributed by atoms with E-state index in [-0.39, 0.29) is 34.4 Å². The first kappa shape index (κ1) is 19.0. The van der Waals surface area contributed by atoms with E-state index in [9.17, 15) is 18.3 Å². The average Bonchev–Trinajstić information content (AvgIpc) is 2.58. The van der Waals surface area contributed by atoms with Gasteiger partial charge >= 0.3 is 0 Å². The van der Waals surface area contributed by atoms with Crippen LogP contribution in [0.3, 0.4) is 0 Å². The Morgan fingerprint density at radius 2 is 1.80 bits per heavy atom. The van der Waals surface area contributed by atoms with Crippen molar-refractivity contribution >= 4 is 21.4 Å². The van der Waals surface area contributed by atoms with Crippen molar-refractivity contribution < 1.29 is 18.3 Å². The van der Waals surface area contributed by atoms with E-state index in [0.717, 1.165) is 12.0 Å². The lowest BCUT2D eigenvalue weighted by Crippen LogP contribution is -2.12. The van der Waals surface area contributed by atoms with Crippen LogP contribution in [0.15, 0.2) is 47.4 Å². The van der Waals surface area contributed by atoms with Crippen molar-refractivity contribution in [3.63, 3.8) is 0 Å². The first-order valence-electron chi connectivity index (χ1n) is 8.23. The molecule has 6 heteroatoms. The molecule has 2 rings (SSSR count).